The number of methoxy groups -OCH3 is 3. The number of hydrogen-bond donors (Lipinski definition) is 1. The number of benzene rings is 2. The fourth-order valence-corrected chi connectivity index (χ4v) is 3.21. The maximum Gasteiger partial charge on any atom is 0.255 e. The number of rotatable bonds is 6. The summed E-state index contributed by atoms with van der Waals surface area (Å²) in [6.07, 6.45) is 3.93. The highest BCUT2D eigenvalue weighted by Crippen LogP contribution is 2.38. The van der Waals surface area contributed by atoms with Crippen molar-refractivity contribution in [1.29, 1.82) is 0 Å². The molecule has 1 amide bonds. The van der Waals surface area contributed by atoms with E-state index in [1.54, 1.807) is 12.1 Å². The van der Waals surface area contributed by atoms with Gasteiger partial charge in [-0.1, -0.05) is 18.2 Å². The average molecular weight is 403 g/mol. The third kappa shape index (κ3) is 3.65. The Morgan fingerprint density at radius 1 is 0.933 bits per heavy atom. The van der Waals surface area contributed by atoms with Crippen molar-refractivity contribution < 1.29 is 19.0 Å². The zero-order chi connectivity index (χ0) is 21.1. The molecule has 152 valence electrons. The Morgan fingerprint density at radius 2 is 1.63 bits per heavy atom. The topological polar surface area (TPSA) is 74.1 Å². The summed E-state index contributed by atoms with van der Waals surface area (Å²) in [6.45, 7) is 0. The summed E-state index contributed by atoms with van der Waals surface area (Å²) in [6, 6.07) is 16.6. The smallest absolute Gasteiger partial charge is 0.255 e. The molecule has 0 saturated heterocycles. The number of fused-ring (bicyclic) bond motifs is 1. The molecule has 4 aromatic rings. The van der Waals surface area contributed by atoms with Crippen LogP contribution in [-0.4, -0.2) is 36.6 Å². The third-order valence-electron chi connectivity index (χ3n) is 4.73. The first-order chi connectivity index (χ1) is 14.6. The average Bonchev–Trinajstić information content (AvgIpc) is 3.22. The van der Waals surface area contributed by atoms with Crippen molar-refractivity contribution in [3.05, 3.63) is 72.6 Å². The van der Waals surface area contributed by atoms with Gasteiger partial charge in [0.05, 0.1) is 27.0 Å². The van der Waals surface area contributed by atoms with Crippen LogP contribution < -0.4 is 19.5 Å². The zero-order valence-electron chi connectivity index (χ0n) is 16.9. The highest BCUT2D eigenvalue weighted by molar-refractivity contribution is 6.05. The normalized spacial score (nSPS) is 10.6. The van der Waals surface area contributed by atoms with Crippen molar-refractivity contribution in [2.45, 2.75) is 0 Å². The number of pyridine rings is 1. The predicted octanol–water partition coefficient (Wildman–Crippen LogP) is 4.28. The van der Waals surface area contributed by atoms with E-state index in [0.717, 1.165) is 16.9 Å². The first-order valence-corrected chi connectivity index (χ1v) is 9.28. The molecule has 0 spiro atoms. The van der Waals surface area contributed by atoms with E-state index >= 15 is 0 Å². The lowest BCUT2D eigenvalue weighted by Gasteiger charge is -2.14. The zero-order valence-corrected chi connectivity index (χ0v) is 16.9. The van der Waals surface area contributed by atoms with Crippen molar-refractivity contribution in [2.24, 2.45) is 0 Å². The van der Waals surface area contributed by atoms with Gasteiger partial charge >= 0.3 is 0 Å². The summed E-state index contributed by atoms with van der Waals surface area (Å²) < 4.78 is 17.9. The van der Waals surface area contributed by atoms with Crippen LogP contribution in [0.1, 0.15) is 10.4 Å². The molecular weight excluding hydrogens is 382 g/mol. The summed E-state index contributed by atoms with van der Waals surface area (Å²) in [5, 5.41) is 2.89. The van der Waals surface area contributed by atoms with Crippen molar-refractivity contribution in [2.75, 3.05) is 26.6 Å². The lowest BCUT2D eigenvalue weighted by molar-refractivity contribution is 0.102. The molecule has 7 nitrogen and oxygen atoms in total. The van der Waals surface area contributed by atoms with Crippen molar-refractivity contribution in [3.8, 4) is 28.5 Å². The van der Waals surface area contributed by atoms with E-state index in [0.29, 0.717) is 28.5 Å². The molecule has 0 aliphatic rings. The maximum absolute atomic E-state index is 12.7. The molecule has 4 rings (SSSR count). The van der Waals surface area contributed by atoms with Crippen LogP contribution in [0.4, 0.5) is 5.69 Å². The Hall–Kier alpha value is -4.00. The van der Waals surface area contributed by atoms with Crippen LogP contribution in [0, 0.1) is 0 Å². The Morgan fingerprint density at radius 3 is 2.23 bits per heavy atom. The summed E-state index contributed by atoms with van der Waals surface area (Å²) in [5.74, 6) is 0.997. The van der Waals surface area contributed by atoms with E-state index in [1.807, 2.05) is 59.3 Å². The van der Waals surface area contributed by atoms with Gasteiger partial charge in [0.1, 0.15) is 5.65 Å². The van der Waals surface area contributed by atoms with Crippen molar-refractivity contribution in [1.82, 2.24) is 9.38 Å². The van der Waals surface area contributed by atoms with Crippen LogP contribution in [-0.2, 0) is 0 Å². The number of carbonyl (C=O) groups is 1. The second-order valence-corrected chi connectivity index (χ2v) is 6.54. The van der Waals surface area contributed by atoms with Gasteiger partial charge in [0.2, 0.25) is 5.75 Å². The van der Waals surface area contributed by atoms with Gasteiger partial charge in [0, 0.05) is 29.2 Å². The van der Waals surface area contributed by atoms with Gasteiger partial charge in [-0.05, 0) is 36.4 Å². The van der Waals surface area contributed by atoms with Crippen LogP contribution in [0.25, 0.3) is 16.9 Å². The Bertz CT molecular complexity index is 1140. The molecule has 0 radical (unpaired) electrons. The standard InChI is InChI=1S/C23H21N3O4/c1-28-19-12-16(13-20(29-2)22(19)30-3)23(27)24-17-9-7-15(8-10-17)18-14-26-11-5-4-6-21(26)25-18/h4-14H,1-3H3,(H,24,27). The molecule has 0 saturated carbocycles. The van der Waals surface area contributed by atoms with Gasteiger partial charge in [0.15, 0.2) is 11.5 Å². The molecule has 0 atom stereocenters. The molecule has 2 aromatic heterocycles. The first-order valence-electron chi connectivity index (χ1n) is 9.28. The van der Waals surface area contributed by atoms with Crippen LogP contribution in [0.5, 0.6) is 17.2 Å². The molecule has 2 aromatic carbocycles. The number of ether oxygens (including phenoxy) is 3. The third-order valence-corrected chi connectivity index (χ3v) is 4.73. The fourth-order valence-electron chi connectivity index (χ4n) is 3.21. The largest absolute Gasteiger partial charge is 0.493 e. The molecule has 0 aliphatic heterocycles. The fraction of sp³-hybridized carbons (Fsp3) is 0.130. The van der Waals surface area contributed by atoms with Crippen LogP contribution in [0.15, 0.2) is 67.0 Å². The molecular formula is C23H21N3O4. The number of hydrogen-bond acceptors (Lipinski definition) is 5. The molecule has 0 unspecified atom stereocenters. The Labute approximate surface area is 173 Å². The number of anilines is 1. The molecule has 0 aliphatic carbocycles. The van der Waals surface area contributed by atoms with E-state index in [-0.39, 0.29) is 5.91 Å². The number of aromatic nitrogens is 2. The predicted molar refractivity (Wildman–Crippen MR) is 115 cm³/mol. The lowest BCUT2D eigenvalue weighted by atomic mass is 10.1. The van der Waals surface area contributed by atoms with Gasteiger partial charge in [-0.25, -0.2) is 4.98 Å². The van der Waals surface area contributed by atoms with Crippen LogP contribution >= 0.6 is 0 Å². The summed E-state index contributed by atoms with van der Waals surface area (Å²) in [7, 11) is 4.54. The molecule has 30 heavy (non-hydrogen) atoms. The number of imidazole rings is 1. The number of nitrogens with zero attached hydrogens (tertiary/aromatic N) is 2. The Balaban J connectivity index is 1.55. The maximum atomic E-state index is 12.7. The molecule has 2 heterocycles. The summed E-state index contributed by atoms with van der Waals surface area (Å²) in [4.78, 5) is 17.4. The second-order valence-electron chi connectivity index (χ2n) is 6.54. The SMILES string of the molecule is COc1cc(C(=O)Nc2ccc(-c3cn4ccccc4n3)cc2)cc(OC)c1OC. The van der Waals surface area contributed by atoms with Crippen LogP contribution in [0.2, 0.25) is 0 Å². The highest BCUT2D eigenvalue weighted by Gasteiger charge is 2.17. The minimum atomic E-state index is -0.283. The van der Waals surface area contributed by atoms with Crippen molar-refractivity contribution in [3.63, 3.8) is 0 Å². The number of carbonyl (C=O) groups excluding carboxylic acids is 1. The first kappa shape index (κ1) is 19.3. The van der Waals surface area contributed by atoms with Gasteiger partial charge < -0.3 is 23.9 Å². The lowest BCUT2D eigenvalue weighted by Crippen LogP contribution is -2.12. The molecule has 0 bridgehead atoms. The van der Waals surface area contributed by atoms with Gasteiger partial charge in [0.25, 0.3) is 5.91 Å². The number of amides is 1. The number of nitrogens with one attached hydrogen (secondary N) is 1. The van der Waals surface area contributed by atoms with Gasteiger partial charge in [-0.15, -0.1) is 0 Å². The van der Waals surface area contributed by atoms with E-state index in [1.165, 1.54) is 21.3 Å². The monoisotopic (exact) mass is 403 g/mol. The summed E-state index contributed by atoms with van der Waals surface area (Å²) in [5.41, 5.74) is 3.77. The van der Waals surface area contributed by atoms with E-state index in [4.69, 9.17) is 14.2 Å². The summed E-state index contributed by atoms with van der Waals surface area (Å²) >= 11 is 0. The van der Waals surface area contributed by atoms with Gasteiger partial charge in [-0.3, -0.25) is 4.79 Å². The Kier molecular flexibility index (Phi) is 5.26. The second kappa shape index (κ2) is 8.16. The minimum Gasteiger partial charge on any atom is -0.493 e. The molecule has 7 heteroatoms. The minimum absolute atomic E-state index is 0.283. The molecule has 0 fully saturated rings. The van der Waals surface area contributed by atoms with E-state index < -0.39 is 0 Å². The quantitative estimate of drug-likeness (QED) is 0.520. The molecule has 1 N–H and O–H groups in total. The van der Waals surface area contributed by atoms with Crippen molar-refractivity contribution >= 4 is 17.2 Å². The highest BCUT2D eigenvalue weighted by atomic mass is 16.5. The van der Waals surface area contributed by atoms with Gasteiger partial charge in [-0.2, -0.15) is 0 Å². The van der Waals surface area contributed by atoms with Crippen LogP contribution in [0.3, 0.4) is 0 Å². The van der Waals surface area contributed by atoms with E-state index in [9.17, 15) is 4.79 Å². The van der Waals surface area contributed by atoms with E-state index in [2.05, 4.69) is 10.3 Å².